The van der Waals surface area contributed by atoms with E-state index in [0.29, 0.717) is 19.0 Å². The summed E-state index contributed by atoms with van der Waals surface area (Å²) >= 11 is 0. The lowest BCUT2D eigenvalue weighted by Gasteiger charge is -2.08. The molecule has 7 nitrogen and oxygen atoms in total. The molecular weight excluding hydrogens is 359 g/mol. The standard InChI is InChI=1S/C20H23FN6O/c1-26-10-6-15(13-26)18-19-20(24-8-7-23-19)27(25-18)11-9-22-17(28)12-14-2-4-16(21)5-3-14/h2-5,7-8,15H,6,9-13H2,1H3,(H,22,28)/t15-/m1/s1. The second-order valence-electron chi connectivity index (χ2n) is 7.24. The smallest absolute Gasteiger partial charge is 0.224 e. The van der Waals surface area contributed by atoms with Crippen LogP contribution in [0.1, 0.15) is 23.6 Å². The van der Waals surface area contributed by atoms with Crippen LogP contribution in [-0.2, 0) is 17.8 Å². The molecule has 0 aliphatic carbocycles. The van der Waals surface area contributed by atoms with Gasteiger partial charge in [0.05, 0.1) is 18.7 Å². The molecule has 1 fully saturated rings. The molecule has 4 rings (SSSR count). The maximum Gasteiger partial charge on any atom is 0.224 e. The number of nitrogens with one attached hydrogen (secondary N) is 1. The number of likely N-dealkylation sites (N-methyl/N-ethyl adjacent to an activating group) is 1. The molecule has 0 spiro atoms. The number of carbonyl (C=O) groups excluding carboxylic acids is 1. The van der Waals surface area contributed by atoms with E-state index in [1.807, 2.05) is 4.68 Å². The molecular formula is C20H23FN6O. The van der Waals surface area contributed by atoms with Crippen molar-refractivity contribution >= 4 is 17.1 Å². The lowest BCUT2D eigenvalue weighted by Crippen LogP contribution is -2.29. The maximum absolute atomic E-state index is 13.0. The fraction of sp³-hybridized carbons (Fsp3) is 0.400. The van der Waals surface area contributed by atoms with Crippen LogP contribution >= 0.6 is 0 Å². The topological polar surface area (TPSA) is 75.9 Å². The first-order valence-electron chi connectivity index (χ1n) is 9.47. The number of carbonyl (C=O) groups is 1. The van der Waals surface area contributed by atoms with Crippen molar-refractivity contribution in [1.29, 1.82) is 0 Å². The summed E-state index contributed by atoms with van der Waals surface area (Å²) in [5.41, 5.74) is 3.37. The number of rotatable bonds is 6. The molecule has 1 aliphatic rings. The number of likely N-dealkylation sites (tertiary alicyclic amines) is 1. The number of halogens is 1. The minimum absolute atomic E-state index is 0.105. The highest BCUT2D eigenvalue weighted by molar-refractivity contribution is 5.78. The van der Waals surface area contributed by atoms with Gasteiger partial charge in [0.15, 0.2) is 5.65 Å². The summed E-state index contributed by atoms with van der Waals surface area (Å²) in [6.45, 7) is 2.99. The third-order valence-corrected chi connectivity index (χ3v) is 5.10. The summed E-state index contributed by atoms with van der Waals surface area (Å²) in [6.07, 6.45) is 4.65. The van der Waals surface area contributed by atoms with Gasteiger partial charge in [0.25, 0.3) is 0 Å². The molecule has 3 heterocycles. The first kappa shape index (κ1) is 18.5. The molecule has 0 saturated carbocycles. The van der Waals surface area contributed by atoms with Crippen molar-refractivity contribution in [2.45, 2.75) is 25.3 Å². The molecule has 1 N–H and O–H groups in total. The predicted molar refractivity (Wildman–Crippen MR) is 103 cm³/mol. The molecule has 1 aromatic carbocycles. The normalized spacial score (nSPS) is 17.3. The van der Waals surface area contributed by atoms with Crippen molar-refractivity contribution in [3.63, 3.8) is 0 Å². The Bertz CT molecular complexity index is 970. The Morgan fingerprint density at radius 3 is 2.79 bits per heavy atom. The lowest BCUT2D eigenvalue weighted by atomic mass is 10.0. The first-order valence-corrected chi connectivity index (χ1v) is 9.47. The summed E-state index contributed by atoms with van der Waals surface area (Å²) in [6, 6.07) is 5.96. The molecule has 0 radical (unpaired) electrons. The third kappa shape index (κ3) is 4.01. The number of fused-ring (bicyclic) bond motifs is 1. The zero-order valence-corrected chi connectivity index (χ0v) is 15.8. The van der Waals surface area contributed by atoms with Crippen molar-refractivity contribution in [1.82, 2.24) is 30.0 Å². The van der Waals surface area contributed by atoms with Gasteiger partial charge < -0.3 is 10.2 Å². The fourth-order valence-electron chi connectivity index (χ4n) is 3.67. The van der Waals surface area contributed by atoms with Gasteiger partial charge in [-0.3, -0.25) is 4.79 Å². The van der Waals surface area contributed by atoms with Gasteiger partial charge in [0, 0.05) is 31.4 Å². The number of aromatic nitrogens is 4. The molecule has 1 saturated heterocycles. The van der Waals surface area contributed by atoms with Crippen LogP contribution in [0, 0.1) is 5.82 Å². The van der Waals surface area contributed by atoms with Gasteiger partial charge in [-0.1, -0.05) is 12.1 Å². The SMILES string of the molecule is CN1CC[C@@H](c2nn(CCNC(=O)Cc3ccc(F)cc3)c3nccnc23)C1. The van der Waals surface area contributed by atoms with Gasteiger partial charge in [-0.15, -0.1) is 0 Å². The van der Waals surface area contributed by atoms with E-state index in [2.05, 4.69) is 27.2 Å². The van der Waals surface area contributed by atoms with Crippen molar-refractivity contribution in [2.75, 3.05) is 26.7 Å². The van der Waals surface area contributed by atoms with Gasteiger partial charge in [-0.05, 0) is 37.7 Å². The molecule has 0 bridgehead atoms. The number of benzene rings is 1. The van der Waals surface area contributed by atoms with Crippen LogP contribution in [0.15, 0.2) is 36.7 Å². The van der Waals surface area contributed by atoms with E-state index in [9.17, 15) is 9.18 Å². The maximum atomic E-state index is 13.0. The summed E-state index contributed by atoms with van der Waals surface area (Å²) in [7, 11) is 2.11. The van der Waals surface area contributed by atoms with Crippen molar-refractivity contribution < 1.29 is 9.18 Å². The van der Waals surface area contributed by atoms with Crippen LogP contribution in [0.3, 0.4) is 0 Å². The molecule has 8 heteroatoms. The summed E-state index contributed by atoms with van der Waals surface area (Å²) in [5, 5.41) is 7.66. The quantitative estimate of drug-likeness (QED) is 0.703. The monoisotopic (exact) mass is 382 g/mol. The highest BCUT2D eigenvalue weighted by atomic mass is 19.1. The lowest BCUT2D eigenvalue weighted by molar-refractivity contribution is -0.120. The molecule has 2 aromatic heterocycles. The Balaban J connectivity index is 1.40. The minimum atomic E-state index is -0.305. The van der Waals surface area contributed by atoms with Gasteiger partial charge >= 0.3 is 0 Å². The van der Waals surface area contributed by atoms with Gasteiger partial charge in [-0.25, -0.2) is 19.0 Å². The molecule has 28 heavy (non-hydrogen) atoms. The highest BCUT2D eigenvalue weighted by Gasteiger charge is 2.27. The average molecular weight is 382 g/mol. The van der Waals surface area contributed by atoms with E-state index >= 15 is 0 Å². The van der Waals surface area contributed by atoms with Crippen LogP contribution in [0.4, 0.5) is 4.39 Å². The zero-order valence-electron chi connectivity index (χ0n) is 15.8. The van der Waals surface area contributed by atoms with E-state index < -0.39 is 0 Å². The molecule has 3 aromatic rings. The molecule has 0 unspecified atom stereocenters. The Labute approximate surface area is 162 Å². The van der Waals surface area contributed by atoms with Crippen molar-refractivity contribution in [3.8, 4) is 0 Å². The first-order chi connectivity index (χ1) is 13.6. The second kappa shape index (κ2) is 8.02. The largest absolute Gasteiger partial charge is 0.354 e. The molecule has 1 amide bonds. The molecule has 146 valence electrons. The number of nitrogens with zero attached hydrogens (tertiary/aromatic N) is 5. The molecule has 1 aliphatic heterocycles. The van der Waals surface area contributed by atoms with Crippen LogP contribution in [0.25, 0.3) is 11.2 Å². The average Bonchev–Trinajstić information content (AvgIpc) is 3.28. The van der Waals surface area contributed by atoms with Gasteiger partial charge in [-0.2, -0.15) is 5.10 Å². The minimum Gasteiger partial charge on any atom is -0.354 e. The summed E-state index contributed by atoms with van der Waals surface area (Å²) < 4.78 is 14.8. The van der Waals surface area contributed by atoms with E-state index in [0.717, 1.165) is 41.9 Å². The van der Waals surface area contributed by atoms with Crippen LogP contribution < -0.4 is 5.32 Å². The highest BCUT2D eigenvalue weighted by Crippen LogP contribution is 2.29. The third-order valence-electron chi connectivity index (χ3n) is 5.10. The van der Waals surface area contributed by atoms with E-state index in [-0.39, 0.29) is 18.1 Å². The zero-order chi connectivity index (χ0) is 19.5. The van der Waals surface area contributed by atoms with Crippen LogP contribution in [0.2, 0.25) is 0 Å². The van der Waals surface area contributed by atoms with E-state index in [1.165, 1.54) is 12.1 Å². The second-order valence-corrected chi connectivity index (χ2v) is 7.24. The Morgan fingerprint density at radius 2 is 2.04 bits per heavy atom. The van der Waals surface area contributed by atoms with Gasteiger partial charge in [0.2, 0.25) is 5.91 Å². The predicted octanol–water partition coefficient (Wildman–Crippen LogP) is 1.74. The van der Waals surface area contributed by atoms with Crippen molar-refractivity contribution in [3.05, 3.63) is 53.7 Å². The van der Waals surface area contributed by atoms with Gasteiger partial charge in [0.1, 0.15) is 11.3 Å². The summed E-state index contributed by atoms with van der Waals surface area (Å²) in [4.78, 5) is 23.4. The number of hydrogen-bond acceptors (Lipinski definition) is 5. The Morgan fingerprint density at radius 1 is 1.25 bits per heavy atom. The van der Waals surface area contributed by atoms with Crippen LogP contribution in [-0.4, -0.2) is 57.2 Å². The van der Waals surface area contributed by atoms with Crippen LogP contribution in [0.5, 0.6) is 0 Å². The van der Waals surface area contributed by atoms with Crippen molar-refractivity contribution in [2.24, 2.45) is 0 Å². The fourth-order valence-corrected chi connectivity index (χ4v) is 3.67. The van der Waals surface area contributed by atoms with E-state index in [1.54, 1.807) is 24.5 Å². The summed E-state index contributed by atoms with van der Waals surface area (Å²) in [5.74, 6) is -0.0506. The Hall–Kier alpha value is -2.87. The van der Waals surface area contributed by atoms with E-state index in [4.69, 9.17) is 5.10 Å². The Kier molecular flexibility index (Phi) is 5.29. The molecule has 1 atom stereocenters. The number of hydrogen-bond donors (Lipinski definition) is 1. The number of amides is 1.